The number of amides is 2. The third-order valence-corrected chi connectivity index (χ3v) is 4.20. The van der Waals surface area contributed by atoms with E-state index in [1.54, 1.807) is 6.92 Å². The number of ether oxygens (including phenoxy) is 1. The molecule has 0 radical (unpaired) electrons. The van der Waals surface area contributed by atoms with Crippen LogP contribution in [0.15, 0.2) is 0 Å². The van der Waals surface area contributed by atoms with Gasteiger partial charge in [0.05, 0.1) is 7.11 Å². The fourth-order valence-corrected chi connectivity index (χ4v) is 2.52. The van der Waals surface area contributed by atoms with E-state index in [1.165, 1.54) is 32.8 Å². The molecule has 0 fully saturated rings. The van der Waals surface area contributed by atoms with E-state index in [4.69, 9.17) is 4.74 Å². The number of nitrogens with one attached hydrogen (secondary N) is 2. The van der Waals surface area contributed by atoms with Crippen LogP contribution in [0.2, 0.25) is 0 Å². The van der Waals surface area contributed by atoms with Gasteiger partial charge in [-0.05, 0) is 19.3 Å². The van der Waals surface area contributed by atoms with E-state index >= 15 is 0 Å². The summed E-state index contributed by atoms with van der Waals surface area (Å²) in [6.07, 6.45) is 8.44. The summed E-state index contributed by atoms with van der Waals surface area (Å²) in [5, 5.41) is 5.33. The quantitative estimate of drug-likeness (QED) is 0.392. The molecule has 0 aromatic carbocycles. The number of hydrogen-bond donors (Lipinski definition) is 2. The minimum absolute atomic E-state index is 0.0907. The predicted octanol–water partition coefficient (Wildman–Crippen LogP) is 2.95. The highest BCUT2D eigenvalue weighted by Crippen LogP contribution is 2.08. The van der Waals surface area contributed by atoms with Gasteiger partial charge in [0.25, 0.3) is 0 Å². The summed E-state index contributed by atoms with van der Waals surface area (Å²) in [4.78, 5) is 35.8. The van der Waals surface area contributed by atoms with Crippen molar-refractivity contribution in [2.45, 2.75) is 91.1 Å². The Morgan fingerprint density at radius 3 is 1.96 bits per heavy atom. The zero-order valence-corrected chi connectivity index (χ0v) is 16.5. The highest BCUT2D eigenvalue weighted by molar-refractivity contribution is 5.90. The number of hydrogen-bond acceptors (Lipinski definition) is 4. The summed E-state index contributed by atoms with van der Waals surface area (Å²) in [5.41, 5.74) is 0. The van der Waals surface area contributed by atoms with Crippen molar-refractivity contribution >= 4 is 17.8 Å². The van der Waals surface area contributed by atoms with E-state index in [9.17, 15) is 14.4 Å². The lowest BCUT2D eigenvalue weighted by Gasteiger charge is -2.22. The molecule has 2 unspecified atom stereocenters. The largest absolute Gasteiger partial charge is 0.467 e. The third kappa shape index (κ3) is 10.8. The number of unbranched alkanes of at least 4 members (excludes halogenated alkanes) is 6. The topological polar surface area (TPSA) is 84.5 Å². The molecule has 0 aliphatic heterocycles. The smallest absolute Gasteiger partial charge is 0.328 e. The lowest BCUT2D eigenvalue weighted by atomic mass is 10.0. The first kappa shape index (κ1) is 23.4. The van der Waals surface area contributed by atoms with Crippen LogP contribution in [0.4, 0.5) is 0 Å². The molecule has 0 aromatic rings. The van der Waals surface area contributed by atoms with Crippen LogP contribution in [0.1, 0.15) is 79.1 Å². The Morgan fingerprint density at radius 2 is 1.44 bits per heavy atom. The monoisotopic (exact) mass is 356 g/mol. The zero-order valence-electron chi connectivity index (χ0n) is 16.5. The van der Waals surface area contributed by atoms with Gasteiger partial charge in [0.15, 0.2) is 0 Å². The number of carbonyl (C=O) groups excluding carboxylic acids is 3. The van der Waals surface area contributed by atoms with Crippen LogP contribution in [-0.2, 0) is 19.1 Å². The van der Waals surface area contributed by atoms with Crippen LogP contribution in [0.25, 0.3) is 0 Å². The number of carbonyl (C=O) groups is 3. The maximum Gasteiger partial charge on any atom is 0.328 e. The Bertz CT molecular complexity index is 410. The van der Waals surface area contributed by atoms with E-state index < -0.39 is 18.1 Å². The molecule has 0 aliphatic rings. The minimum atomic E-state index is -0.708. The molecule has 6 heteroatoms. The third-order valence-electron chi connectivity index (χ3n) is 4.20. The van der Waals surface area contributed by atoms with E-state index in [1.807, 2.05) is 13.8 Å². The molecule has 2 amide bonds. The van der Waals surface area contributed by atoms with Crippen molar-refractivity contribution in [2.75, 3.05) is 7.11 Å². The van der Waals surface area contributed by atoms with E-state index in [0.717, 1.165) is 19.3 Å². The van der Waals surface area contributed by atoms with Gasteiger partial charge in [0.1, 0.15) is 12.1 Å². The van der Waals surface area contributed by atoms with E-state index in [0.29, 0.717) is 6.42 Å². The van der Waals surface area contributed by atoms with Gasteiger partial charge < -0.3 is 15.4 Å². The summed E-state index contributed by atoms with van der Waals surface area (Å²) in [6.45, 7) is 7.46. The Kier molecular flexibility index (Phi) is 12.8. The summed E-state index contributed by atoms with van der Waals surface area (Å²) in [6, 6.07) is -1.39. The summed E-state index contributed by atoms with van der Waals surface area (Å²) in [7, 11) is 1.29. The Morgan fingerprint density at radius 1 is 0.880 bits per heavy atom. The molecule has 25 heavy (non-hydrogen) atoms. The van der Waals surface area contributed by atoms with Crippen LogP contribution in [-0.4, -0.2) is 37.0 Å². The van der Waals surface area contributed by atoms with Crippen molar-refractivity contribution in [1.29, 1.82) is 0 Å². The summed E-state index contributed by atoms with van der Waals surface area (Å²) < 4.78 is 4.69. The molecule has 0 bridgehead atoms. The molecule has 2 atom stereocenters. The molecule has 0 heterocycles. The maximum absolute atomic E-state index is 12.2. The van der Waals surface area contributed by atoms with Gasteiger partial charge in [0, 0.05) is 6.42 Å². The second-order valence-electron chi connectivity index (χ2n) is 6.91. The van der Waals surface area contributed by atoms with Crippen molar-refractivity contribution in [3.63, 3.8) is 0 Å². The second-order valence-corrected chi connectivity index (χ2v) is 6.91. The zero-order chi connectivity index (χ0) is 19.2. The molecular weight excluding hydrogens is 320 g/mol. The average molecular weight is 357 g/mol. The summed E-state index contributed by atoms with van der Waals surface area (Å²) in [5.74, 6) is -1.08. The lowest BCUT2D eigenvalue weighted by Crippen LogP contribution is -2.52. The fourth-order valence-electron chi connectivity index (χ4n) is 2.52. The van der Waals surface area contributed by atoms with Crippen LogP contribution >= 0.6 is 0 Å². The molecule has 2 N–H and O–H groups in total. The van der Waals surface area contributed by atoms with Crippen LogP contribution in [0, 0.1) is 5.92 Å². The first-order chi connectivity index (χ1) is 11.8. The van der Waals surface area contributed by atoms with Crippen LogP contribution in [0.3, 0.4) is 0 Å². The van der Waals surface area contributed by atoms with Crippen molar-refractivity contribution in [2.24, 2.45) is 5.92 Å². The van der Waals surface area contributed by atoms with Gasteiger partial charge in [-0.15, -0.1) is 0 Å². The van der Waals surface area contributed by atoms with Gasteiger partial charge >= 0.3 is 5.97 Å². The van der Waals surface area contributed by atoms with Crippen molar-refractivity contribution in [1.82, 2.24) is 10.6 Å². The molecule has 146 valence electrons. The SMILES string of the molecule is CCCCCCCCCC(=O)NC(C)C(=O)NC(C(=O)OC)C(C)C. The maximum atomic E-state index is 12.2. The Labute approximate surface area is 152 Å². The van der Waals surface area contributed by atoms with Crippen LogP contribution < -0.4 is 10.6 Å². The molecule has 0 aromatic heterocycles. The molecule has 6 nitrogen and oxygen atoms in total. The standard InChI is InChI=1S/C19H36N2O4/c1-6-7-8-9-10-11-12-13-16(22)20-15(4)18(23)21-17(14(2)3)19(24)25-5/h14-15,17H,6-13H2,1-5H3,(H,20,22)(H,21,23). The van der Waals surface area contributed by atoms with Gasteiger partial charge in [0.2, 0.25) is 11.8 Å². The van der Waals surface area contributed by atoms with E-state index in [2.05, 4.69) is 17.6 Å². The van der Waals surface area contributed by atoms with Crippen molar-refractivity contribution in [3.05, 3.63) is 0 Å². The first-order valence-corrected chi connectivity index (χ1v) is 9.51. The van der Waals surface area contributed by atoms with Gasteiger partial charge in [-0.2, -0.15) is 0 Å². The Balaban J connectivity index is 4.08. The van der Waals surface area contributed by atoms with Crippen molar-refractivity contribution < 1.29 is 19.1 Å². The second kappa shape index (κ2) is 13.7. The first-order valence-electron chi connectivity index (χ1n) is 9.51. The molecular formula is C19H36N2O4. The fraction of sp³-hybridized carbons (Fsp3) is 0.842. The van der Waals surface area contributed by atoms with Gasteiger partial charge in [-0.25, -0.2) is 4.79 Å². The number of rotatable bonds is 13. The lowest BCUT2D eigenvalue weighted by molar-refractivity contribution is -0.146. The normalized spacial score (nSPS) is 13.2. The van der Waals surface area contributed by atoms with Crippen molar-refractivity contribution in [3.8, 4) is 0 Å². The van der Waals surface area contributed by atoms with Gasteiger partial charge in [-0.3, -0.25) is 9.59 Å². The molecule has 0 aliphatic carbocycles. The van der Waals surface area contributed by atoms with Gasteiger partial charge in [-0.1, -0.05) is 59.3 Å². The molecule has 0 saturated carbocycles. The molecule has 0 saturated heterocycles. The molecule has 0 rings (SSSR count). The van der Waals surface area contributed by atoms with E-state index in [-0.39, 0.29) is 17.7 Å². The number of esters is 1. The Hall–Kier alpha value is -1.59. The molecule has 0 spiro atoms. The number of methoxy groups -OCH3 is 1. The predicted molar refractivity (Wildman–Crippen MR) is 99.0 cm³/mol. The highest BCUT2D eigenvalue weighted by atomic mass is 16.5. The van der Waals surface area contributed by atoms with Crippen LogP contribution in [0.5, 0.6) is 0 Å². The average Bonchev–Trinajstić information content (AvgIpc) is 2.57. The minimum Gasteiger partial charge on any atom is -0.467 e. The summed E-state index contributed by atoms with van der Waals surface area (Å²) >= 11 is 0. The highest BCUT2D eigenvalue weighted by Gasteiger charge is 2.27.